The Morgan fingerprint density at radius 2 is 2.14 bits per heavy atom. The average molecular weight is 384 g/mol. The van der Waals surface area contributed by atoms with Crippen molar-refractivity contribution in [2.75, 3.05) is 37.5 Å². The Balaban J connectivity index is 1.73. The molecule has 1 unspecified atom stereocenters. The van der Waals surface area contributed by atoms with Crippen molar-refractivity contribution in [2.45, 2.75) is 18.9 Å². The summed E-state index contributed by atoms with van der Waals surface area (Å²) < 4.78 is 14.5. The molecule has 4 heterocycles. The Morgan fingerprint density at radius 1 is 1.29 bits per heavy atom. The monoisotopic (exact) mass is 384 g/mol. The Kier molecular flexibility index (Phi) is 4.91. The van der Waals surface area contributed by atoms with Crippen LogP contribution in [0.15, 0.2) is 30.6 Å². The van der Waals surface area contributed by atoms with E-state index in [9.17, 15) is 0 Å². The zero-order valence-corrected chi connectivity index (χ0v) is 16.4. The maximum Gasteiger partial charge on any atom is 0.327 e. The number of anilines is 3. The first-order chi connectivity index (χ1) is 13.6. The van der Waals surface area contributed by atoms with Crippen molar-refractivity contribution in [1.29, 1.82) is 0 Å². The number of nitrogens with one attached hydrogen (secondary N) is 1. The highest BCUT2D eigenvalue weighted by Gasteiger charge is 2.23. The highest BCUT2D eigenvalue weighted by atomic mass is 16.5. The molecule has 9 heteroatoms. The normalized spacial score (nSPS) is 17.0. The SMILES string of the molecule is COc1ccc(Nc2cc(N3CCCC(N)C3)nn3ccnc23)[n+](C)c1OC. The van der Waals surface area contributed by atoms with Gasteiger partial charge in [0.1, 0.15) is 0 Å². The van der Waals surface area contributed by atoms with Crippen molar-refractivity contribution in [3.8, 4) is 11.6 Å². The van der Waals surface area contributed by atoms with Gasteiger partial charge in [0.05, 0.1) is 21.3 Å². The maximum absolute atomic E-state index is 6.16. The third-order valence-corrected chi connectivity index (χ3v) is 5.07. The van der Waals surface area contributed by atoms with Crippen LogP contribution in [0.5, 0.6) is 11.6 Å². The summed E-state index contributed by atoms with van der Waals surface area (Å²) in [6.07, 6.45) is 5.71. The predicted octanol–water partition coefficient (Wildman–Crippen LogP) is 1.24. The van der Waals surface area contributed by atoms with Crippen molar-refractivity contribution in [2.24, 2.45) is 12.8 Å². The van der Waals surface area contributed by atoms with Crippen LogP contribution in [0.1, 0.15) is 12.8 Å². The summed E-state index contributed by atoms with van der Waals surface area (Å²) in [6, 6.07) is 6.01. The molecule has 0 bridgehead atoms. The quantitative estimate of drug-likeness (QED) is 0.639. The molecule has 1 atom stereocenters. The number of aromatic nitrogens is 4. The molecule has 0 radical (unpaired) electrons. The van der Waals surface area contributed by atoms with Crippen LogP contribution < -0.4 is 30.0 Å². The van der Waals surface area contributed by atoms with Crippen LogP contribution in [-0.2, 0) is 7.05 Å². The third kappa shape index (κ3) is 3.29. The summed E-state index contributed by atoms with van der Waals surface area (Å²) in [5.74, 6) is 3.02. The summed E-state index contributed by atoms with van der Waals surface area (Å²) in [7, 11) is 5.16. The lowest BCUT2D eigenvalue weighted by molar-refractivity contribution is -0.662. The Hall–Kier alpha value is -3.07. The van der Waals surface area contributed by atoms with Crippen LogP contribution >= 0.6 is 0 Å². The van der Waals surface area contributed by atoms with Crippen LogP contribution in [0.4, 0.5) is 17.3 Å². The minimum absolute atomic E-state index is 0.175. The van der Waals surface area contributed by atoms with Gasteiger partial charge in [0.15, 0.2) is 11.5 Å². The van der Waals surface area contributed by atoms with E-state index in [1.807, 2.05) is 36.0 Å². The van der Waals surface area contributed by atoms with Crippen molar-refractivity contribution in [3.05, 3.63) is 30.6 Å². The number of pyridine rings is 1. The zero-order chi connectivity index (χ0) is 19.7. The minimum Gasteiger partial charge on any atom is -0.490 e. The first kappa shape index (κ1) is 18.3. The van der Waals surface area contributed by atoms with Gasteiger partial charge in [0.25, 0.3) is 5.82 Å². The first-order valence-corrected chi connectivity index (χ1v) is 9.33. The Labute approximate surface area is 163 Å². The van der Waals surface area contributed by atoms with Crippen LogP contribution in [0.25, 0.3) is 5.65 Å². The fraction of sp³-hybridized carbons (Fsp3) is 0.421. The van der Waals surface area contributed by atoms with Gasteiger partial charge in [-0.25, -0.2) is 14.8 Å². The topological polar surface area (TPSA) is 93.8 Å². The van der Waals surface area contributed by atoms with Crippen LogP contribution in [-0.4, -0.2) is 47.9 Å². The third-order valence-electron chi connectivity index (χ3n) is 5.07. The Bertz CT molecular complexity index is 988. The molecule has 1 fully saturated rings. The van der Waals surface area contributed by atoms with Crippen molar-refractivity contribution in [1.82, 2.24) is 14.6 Å². The summed E-state index contributed by atoms with van der Waals surface area (Å²) in [6.45, 7) is 1.75. The molecule has 0 amide bonds. The van der Waals surface area contributed by atoms with Gasteiger partial charge in [-0.3, -0.25) is 0 Å². The van der Waals surface area contributed by atoms with E-state index in [0.29, 0.717) is 11.6 Å². The lowest BCUT2D eigenvalue weighted by atomic mass is 10.1. The second kappa shape index (κ2) is 7.51. The smallest absolute Gasteiger partial charge is 0.327 e. The van der Waals surface area contributed by atoms with Crippen molar-refractivity contribution >= 4 is 23.0 Å². The van der Waals surface area contributed by atoms with Crippen molar-refractivity contribution in [3.63, 3.8) is 0 Å². The number of imidazole rings is 1. The van der Waals surface area contributed by atoms with Gasteiger partial charge in [-0.2, -0.15) is 4.57 Å². The standard InChI is InChI=1S/C19H25N7O2/c1-24-16(7-6-15(27-2)19(24)28-3)22-14-11-17(23-26-10-8-21-18(14)26)25-9-4-5-13(20)12-25/h6-8,10-11,13H,4-5,9,12,20H2,1-3H3/p+1. The average Bonchev–Trinajstić information content (AvgIpc) is 3.18. The van der Waals surface area contributed by atoms with Gasteiger partial charge < -0.3 is 20.1 Å². The van der Waals surface area contributed by atoms with E-state index < -0.39 is 0 Å². The number of methoxy groups -OCH3 is 2. The lowest BCUT2D eigenvalue weighted by Crippen LogP contribution is -2.43. The lowest BCUT2D eigenvalue weighted by Gasteiger charge is -2.31. The summed E-state index contributed by atoms with van der Waals surface area (Å²) in [5, 5.41) is 8.18. The van der Waals surface area contributed by atoms with E-state index in [1.165, 1.54) is 0 Å². The van der Waals surface area contributed by atoms with E-state index in [1.54, 1.807) is 24.9 Å². The highest BCUT2D eigenvalue weighted by molar-refractivity contribution is 5.74. The van der Waals surface area contributed by atoms with E-state index >= 15 is 0 Å². The molecular weight excluding hydrogens is 358 g/mol. The van der Waals surface area contributed by atoms with Gasteiger partial charge in [-0.05, 0) is 18.9 Å². The zero-order valence-electron chi connectivity index (χ0n) is 16.4. The molecule has 28 heavy (non-hydrogen) atoms. The predicted molar refractivity (Wildman–Crippen MR) is 106 cm³/mol. The second-order valence-electron chi connectivity index (χ2n) is 6.94. The molecule has 1 aliphatic heterocycles. The summed E-state index contributed by atoms with van der Waals surface area (Å²) >= 11 is 0. The molecule has 3 aromatic rings. The van der Waals surface area contributed by atoms with Gasteiger partial charge in [0, 0.05) is 43.7 Å². The molecule has 1 aliphatic rings. The number of hydrogen-bond acceptors (Lipinski definition) is 7. The molecule has 3 N–H and O–H groups in total. The molecule has 3 aromatic heterocycles. The molecule has 0 spiro atoms. The number of nitrogens with two attached hydrogens (primary N) is 1. The molecule has 1 saturated heterocycles. The Morgan fingerprint density at radius 3 is 2.89 bits per heavy atom. The molecule has 0 aliphatic carbocycles. The number of ether oxygens (including phenoxy) is 2. The van der Waals surface area contributed by atoms with E-state index in [-0.39, 0.29) is 6.04 Å². The number of nitrogens with zero attached hydrogens (tertiary/aromatic N) is 5. The van der Waals surface area contributed by atoms with Gasteiger partial charge in [0.2, 0.25) is 11.4 Å². The number of hydrogen-bond donors (Lipinski definition) is 2. The molecule has 0 aromatic carbocycles. The van der Waals surface area contributed by atoms with E-state index in [4.69, 9.17) is 20.3 Å². The van der Waals surface area contributed by atoms with Crippen molar-refractivity contribution < 1.29 is 14.0 Å². The summed E-state index contributed by atoms with van der Waals surface area (Å²) in [4.78, 5) is 6.68. The summed E-state index contributed by atoms with van der Waals surface area (Å²) in [5.41, 5.74) is 7.77. The van der Waals surface area contributed by atoms with Crippen LogP contribution in [0.2, 0.25) is 0 Å². The number of rotatable bonds is 5. The van der Waals surface area contributed by atoms with Crippen LogP contribution in [0.3, 0.4) is 0 Å². The molecule has 4 rings (SSSR count). The first-order valence-electron chi connectivity index (χ1n) is 9.33. The highest BCUT2D eigenvalue weighted by Crippen LogP contribution is 2.28. The molecule has 9 nitrogen and oxygen atoms in total. The number of fused-ring (bicyclic) bond motifs is 1. The number of piperidine rings is 1. The molecule has 0 saturated carbocycles. The fourth-order valence-corrected chi connectivity index (χ4v) is 3.64. The van der Waals surface area contributed by atoms with E-state index in [0.717, 1.165) is 48.9 Å². The largest absolute Gasteiger partial charge is 0.490 e. The second-order valence-corrected chi connectivity index (χ2v) is 6.94. The maximum atomic E-state index is 6.16. The van der Waals surface area contributed by atoms with Crippen LogP contribution in [0, 0.1) is 0 Å². The molecular formula is C19H26N7O2+. The fourth-order valence-electron chi connectivity index (χ4n) is 3.64. The van der Waals surface area contributed by atoms with Gasteiger partial charge >= 0.3 is 5.88 Å². The minimum atomic E-state index is 0.175. The van der Waals surface area contributed by atoms with E-state index in [2.05, 4.69) is 15.2 Å². The molecule has 148 valence electrons. The van der Waals surface area contributed by atoms with Gasteiger partial charge in [-0.15, -0.1) is 5.10 Å². The van der Waals surface area contributed by atoms with Gasteiger partial charge in [-0.1, -0.05) is 0 Å².